The van der Waals surface area contributed by atoms with Crippen LogP contribution in [-0.2, 0) is 12.8 Å². The van der Waals surface area contributed by atoms with Crippen LogP contribution in [0.1, 0.15) is 98.9 Å². The summed E-state index contributed by atoms with van der Waals surface area (Å²) in [6, 6.07) is 7.47. The summed E-state index contributed by atoms with van der Waals surface area (Å²) in [7, 11) is 4.67. The third kappa shape index (κ3) is 5.65. The lowest BCUT2D eigenvalue weighted by Crippen LogP contribution is -2.62. The minimum atomic E-state index is -1.03. The van der Waals surface area contributed by atoms with E-state index in [9.17, 15) is 15.3 Å². The molecule has 10 heteroatoms. The van der Waals surface area contributed by atoms with Crippen molar-refractivity contribution in [3.63, 3.8) is 0 Å². The van der Waals surface area contributed by atoms with Gasteiger partial charge in [0.2, 0.25) is 5.75 Å². The van der Waals surface area contributed by atoms with E-state index in [4.69, 9.17) is 23.7 Å². The van der Waals surface area contributed by atoms with Crippen molar-refractivity contribution in [2.75, 3.05) is 33.3 Å². The van der Waals surface area contributed by atoms with E-state index in [2.05, 4.69) is 43.6 Å². The van der Waals surface area contributed by atoms with Gasteiger partial charge in [0.05, 0.1) is 39.6 Å². The molecule has 0 bridgehead atoms. The molecule has 10 nitrogen and oxygen atoms in total. The molecule has 3 aliphatic heterocycles. The van der Waals surface area contributed by atoms with Crippen molar-refractivity contribution >= 4 is 5.69 Å². The van der Waals surface area contributed by atoms with Crippen molar-refractivity contribution in [2.24, 2.45) is 17.8 Å². The van der Waals surface area contributed by atoms with Crippen LogP contribution in [0.4, 0.5) is 5.69 Å². The van der Waals surface area contributed by atoms with Crippen LogP contribution in [0, 0.1) is 17.8 Å². The second-order valence-corrected chi connectivity index (χ2v) is 15.8. The van der Waals surface area contributed by atoms with E-state index in [0.717, 1.165) is 64.1 Å². The van der Waals surface area contributed by atoms with Gasteiger partial charge in [0.15, 0.2) is 23.5 Å². The zero-order valence-corrected chi connectivity index (χ0v) is 31.0. The molecular weight excluding hydrogens is 660 g/mol. The van der Waals surface area contributed by atoms with Crippen molar-refractivity contribution in [3.05, 3.63) is 64.2 Å². The van der Waals surface area contributed by atoms with Gasteiger partial charge in [0, 0.05) is 64.4 Å². The molecule has 52 heavy (non-hydrogen) atoms. The van der Waals surface area contributed by atoms with Gasteiger partial charge in [0.1, 0.15) is 17.2 Å². The minimum Gasteiger partial charge on any atom is -0.502 e. The number of aliphatic hydroxyl groups excluding tert-OH is 2. The van der Waals surface area contributed by atoms with Crippen LogP contribution in [0.5, 0.6) is 34.5 Å². The number of phenolic OH excluding ortho intramolecular Hbond substituents is 1. The minimum absolute atomic E-state index is 0.0932. The van der Waals surface area contributed by atoms with Gasteiger partial charge in [-0.3, -0.25) is 5.32 Å². The highest BCUT2D eigenvalue weighted by atomic mass is 16.5. The van der Waals surface area contributed by atoms with Crippen LogP contribution in [0.25, 0.3) is 11.1 Å². The molecule has 0 saturated heterocycles. The zero-order chi connectivity index (χ0) is 36.5. The summed E-state index contributed by atoms with van der Waals surface area (Å²) >= 11 is 0. The van der Waals surface area contributed by atoms with E-state index < -0.39 is 24.0 Å². The first-order valence-electron chi connectivity index (χ1n) is 18.8. The van der Waals surface area contributed by atoms with E-state index in [0.29, 0.717) is 41.7 Å². The zero-order valence-electron chi connectivity index (χ0n) is 31.0. The van der Waals surface area contributed by atoms with Gasteiger partial charge < -0.3 is 44.3 Å². The SMILES string of the molecule is COc1cc([C@@H]2COc3cc4c5c(c3[C@H]2O)CCc2c(OC)cc(O[C@@]36C[C@@H](CCC(C)C)CC[C@H]3C=C[C@@H](C)N6)c(c2-5)[C@@H](O)N4)cc(OC)c1O. The van der Waals surface area contributed by atoms with Gasteiger partial charge >= 0.3 is 0 Å². The fourth-order valence-electron chi connectivity index (χ4n) is 9.58. The maximum Gasteiger partial charge on any atom is 0.200 e. The Labute approximate surface area is 306 Å². The number of nitrogens with one attached hydrogen (secondary N) is 2. The summed E-state index contributed by atoms with van der Waals surface area (Å²) in [6.45, 7) is 6.95. The van der Waals surface area contributed by atoms with E-state index in [1.807, 2.05) is 12.1 Å². The lowest BCUT2D eigenvalue weighted by molar-refractivity contribution is -0.0656. The molecular formula is C42H52N2O8. The highest BCUT2D eigenvalue weighted by Crippen LogP contribution is 2.58. The number of methoxy groups -OCH3 is 3. The predicted molar refractivity (Wildman–Crippen MR) is 199 cm³/mol. The molecule has 278 valence electrons. The molecule has 5 N–H and O–H groups in total. The molecule has 0 spiro atoms. The van der Waals surface area contributed by atoms with Gasteiger partial charge in [-0.2, -0.15) is 0 Å². The molecule has 1 saturated carbocycles. The van der Waals surface area contributed by atoms with Crippen LogP contribution in [0.2, 0.25) is 0 Å². The molecule has 3 aromatic rings. The van der Waals surface area contributed by atoms with Crippen LogP contribution in [-0.4, -0.2) is 55.0 Å². The Morgan fingerprint density at radius 3 is 2.33 bits per heavy atom. The Kier molecular flexibility index (Phi) is 8.99. The molecule has 0 aromatic heterocycles. The average molecular weight is 713 g/mol. The Morgan fingerprint density at radius 2 is 1.62 bits per heavy atom. The summed E-state index contributed by atoms with van der Waals surface area (Å²) in [5.74, 6) is 3.28. The van der Waals surface area contributed by atoms with Crippen molar-refractivity contribution in [1.29, 1.82) is 0 Å². The topological polar surface area (TPSA) is 131 Å². The normalized spacial score (nSPS) is 28.2. The number of rotatable bonds is 9. The molecule has 2 aliphatic carbocycles. The van der Waals surface area contributed by atoms with Gasteiger partial charge in [0.25, 0.3) is 0 Å². The molecule has 5 aliphatic rings. The smallest absolute Gasteiger partial charge is 0.200 e. The summed E-state index contributed by atoms with van der Waals surface area (Å²) in [5, 5.41) is 41.9. The molecule has 3 aromatic carbocycles. The van der Waals surface area contributed by atoms with E-state index >= 15 is 0 Å². The maximum absolute atomic E-state index is 12.2. The molecule has 0 radical (unpaired) electrons. The summed E-state index contributed by atoms with van der Waals surface area (Å²) in [6.07, 6.45) is 9.37. The van der Waals surface area contributed by atoms with Gasteiger partial charge in [-0.25, -0.2) is 0 Å². The third-order valence-electron chi connectivity index (χ3n) is 12.1. The van der Waals surface area contributed by atoms with E-state index in [-0.39, 0.29) is 35.8 Å². The number of aliphatic hydroxyl groups is 2. The monoisotopic (exact) mass is 712 g/mol. The Hall–Kier alpha value is -4.12. The van der Waals surface area contributed by atoms with Crippen LogP contribution in [0.3, 0.4) is 0 Å². The highest BCUT2D eigenvalue weighted by Gasteiger charge is 2.49. The lowest BCUT2D eigenvalue weighted by atomic mass is 9.71. The molecule has 7 atom stereocenters. The molecule has 3 heterocycles. The number of aromatic hydroxyl groups is 1. The summed E-state index contributed by atoms with van der Waals surface area (Å²) in [5.41, 5.74) is 6.12. The van der Waals surface area contributed by atoms with Crippen LogP contribution < -0.4 is 34.3 Å². The summed E-state index contributed by atoms with van der Waals surface area (Å²) in [4.78, 5) is 0. The number of anilines is 1. The molecule has 8 rings (SSSR count). The highest BCUT2D eigenvalue weighted by molar-refractivity contribution is 5.93. The first-order chi connectivity index (χ1) is 25.0. The number of hydrogen-bond donors (Lipinski definition) is 5. The number of ether oxygens (including phenoxy) is 5. The third-order valence-corrected chi connectivity index (χ3v) is 12.1. The standard InChI is InChI=1S/C42H52N2O8/c1-21(2)7-9-23-10-12-25-11-8-22(3)44-42(25,19-23)52-32-18-30(48-4)26-13-14-27-35-29(43-41(47)38(32)37(26)35)17-31-36(27)39(45)28(20-51-31)24-15-33(49-5)40(46)34(16-24)50-6/h8,11,15-18,21-23,25,28,39,41,43-47H,7,9-10,12-14,19-20H2,1-6H3/t22-,23+,25-,28+,39+,41-,42+/m1/s1. The number of hydrogen-bond acceptors (Lipinski definition) is 10. The second kappa shape index (κ2) is 13.4. The summed E-state index contributed by atoms with van der Waals surface area (Å²) < 4.78 is 30.6. The first-order valence-corrected chi connectivity index (χ1v) is 18.8. The number of phenols is 1. The van der Waals surface area contributed by atoms with Gasteiger partial charge in [-0.05, 0) is 67.7 Å². The predicted octanol–water partition coefficient (Wildman–Crippen LogP) is 7.29. The van der Waals surface area contributed by atoms with Crippen LogP contribution >= 0.6 is 0 Å². The molecule has 0 unspecified atom stereocenters. The van der Waals surface area contributed by atoms with Crippen molar-refractivity contribution in [1.82, 2.24) is 5.32 Å². The van der Waals surface area contributed by atoms with Crippen molar-refractivity contribution in [2.45, 2.75) is 95.7 Å². The Balaban J connectivity index is 1.24. The van der Waals surface area contributed by atoms with Gasteiger partial charge in [-0.15, -0.1) is 0 Å². The lowest BCUT2D eigenvalue weighted by Gasteiger charge is -2.50. The fraction of sp³-hybridized carbons (Fsp3) is 0.524. The Bertz CT molecular complexity index is 1880. The Morgan fingerprint density at radius 1 is 0.885 bits per heavy atom. The average Bonchev–Trinajstić information content (AvgIpc) is 3.13. The quantitative estimate of drug-likeness (QED) is 0.144. The fourth-order valence-corrected chi connectivity index (χ4v) is 9.58. The van der Waals surface area contributed by atoms with Crippen molar-refractivity contribution < 1.29 is 39.0 Å². The first kappa shape index (κ1) is 34.9. The van der Waals surface area contributed by atoms with Crippen LogP contribution in [0.15, 0.2) is 36.4 Å². The van der Waals surface area contributed by atoms with Crippen molar-refractivity contribution in [3.8, 4) is 45.6 Å². The molecule has 0 amide bonds. The van der Waals surface area contributed by atoms with E-state index in [1.54, 1.807) is 19.2 Å². The number of benzene rings is 3. The maximum atomic E-state index is 12.2. The van der Waals surface area contributed by atoms with Gasteiger partial charge in [-0.1, -0.05) is 38.8 Å². The van der Waals surface area contributed by atoms with E-state index in [1.165, 1.54) is 27.1 Å². The number of fused-ring (bicyclic) bond motifs is 3. The largest absolute Gasteiger partial charge is 0.502 e. The molecule has 1 fully saturated rings. The second-order valence-electron chi connectivity index (χ2n) is 15.8.